The maximum atomic E-state index is 12.8. The van der Waals surface area contributed by atoms with Crippen molar-refractivity contribution in [2.75, 3.05) is 6.61 Å². The van der Waals surface area contributed by atoms with Gasteiger partial charge in [0, 0.05) is 17.6 Å². The van der Waals surface area contributed by atoms with Crippen LogP contribution in [-0.4, -0.2) is 17.6 Å². The highest BCUT2D eigenvalue weighted by Crippen LogP contribution is 2.27. The Balaban J connectivity index is 1.62. The van der Waals surface area contributed by atoms with E-state index in [9.17, 15) is 4.79 Å². The summed E-state index contributed by atoms with van der Waals surface area (Å²) in [5, 5.41) is 1.14. The molecule has 1 aromatic heterocycles. The molecule has 1 heterocycles. The molecule has 0 aliphatic carbocycles. The third kappa shape index (κ3) is 4.69. The predicted octanol–water partition coefficient (Wildman–Crippen LogP) is 5.81. The Labute approximate surface area is 177 Å². The van der Waals surface area contributed by atoms with Crippen LogP contribution in [0.3, 0.4) is 0 Å². The van der Waals surface area contributed by atoms with Crippen LogP contribution >= 0.6 is 0 Å². The van der Waals surface area contributed by atoms with Crippen LogP contribution in [0.1, 0.15) is 28.3 Å². The van der Waals surface area contributed by atoms with Crippen molar-refractivity contribution in [1.29, 1.82) is 0 Å². The number of fused-ring (bicyclic) bond motifs is 1. The summed E-state index contributed by atoms with van der Waals surface area (Å²) in [5.74, 6) is -0.591. The molecule has 0 saturated heterocycles. The van der Waals surface area contributed by atoms with Crippen molar-refractivity contribution in [2.24, 2.45) is 0 Å². The van der Waals surface area contributed by atoms with Gasteiger partial charge in [-0.05, 0) is 40.6 Å². The van der Waals surface area contributed by atoms with Gasteiger partial charge in [0.2, 0.25) is 0 Å². The number of benzene rings is 3. The van der Waals surface area contributed by atoms with Gasteiger partial charge in [0.05, 0.1) is 5.92 Å². The highest BCUT2D eigenvalue weighted by atomic mass is 16.5. The van der Waals surface area contributed by atoms with Gasteiger partial charge in [-0.1, -0.05) is 85.5 Å². The number of hydrogen-bond donors (Lipinski definition) is 1. The fourth-order valence-electron chi connectivity index (χ4n) is 3.76. The third-order valence-electron chi connectivity index (χ3n) is 5.25. The van der Waals surface area contributed by atoms with E-state index in [2.05, 4.69) is 54.0 Å². The highest BCUT2D eigenvalue weighted by Gasteiger charge is 2.23. The van der Waals surface area contributed by atoms with Gasteiger partial charge in [0.15, 0.2) is 0 Å². The Morgan fingerprint density at radius 1 is 0.933 bits per heavy atom. The van der Waals surface area contributed by atoms with Gasteiger partial charge >= 0.3 is 5.97 Å². The normalized spacial score (nSPS) is 11.9. The van der Waals surface area contributed by atoms with Crippen molar-refractivity contribution in [3.8, 4) is 0 Å². The first-order valence-electron chi connectivity index (χ1n) is 10.2. The maximum absolute atomic E-state index is 12.8. The number of aromatic amines is 1. The fraction of sp³-hybridized carbons (Fsp3) is 0.148. The summed E-state index contributed by atoms with van der Waals surface area (Å²) < 4.78 is 5.41. The lowest BCUT2D eigenvalue weighted by Gasteiger charge is -2.16. The van der Waals surface area contributed by atoms with E-state index in [4.69, 9.17) is 4.74 Å². The van der Waals surface area contributed by atoms with Crippen molar-refractivity contribution in [2.45, 2.75) is 18.8 Å². The Morgan fingerprint density at radius 3 is 2.33 bits per heavy atom. The number of hydrogen-bond acceptors (Lipinski definition) is 2. The Hall–Kier alpha value is -3.59. The minimum atomic E-state index is -0.363. The summed E-state index contributed by atoms with van der Waals surface area (Å²) in [7, 11) is 0. The molecule has 1 atom stereocenters. The topological polar surface area (TPSA) is 42.1 Å². The van der Waals surface area contributed by atoms with Crippen molar-refractivity contribution in [3.63, 3.8) is 0 Å². The number of esters is 1. The molecule has 3 aromatic carbocycles. The predicted molar refractivity (Wildman–Crippen MR) is 122 cm³/mol. The van der Waals surface area contributed by atoms with Crippen molar-refractivity contribution < 1.29 is 9.53 Å². The summed E-state index contributed by atoms with van der Waals surface area (Å²) in [6, 6.07) is 28.8. The van der Waals surface area contributed by atoms with Gasteiger partial charge in [-0.25, -0.2) is 0 Å². The van der Waals surface area contributed by atoms with Crippen LogP contribution in [0.15, 0.2) is 97.6 Å². The minimum Gasteiger partial charge on any atom is -0.461 e. The molecular formula is C27H25NO2. The molecule has 0 radical (unpaired) electrons. The summed E-state index contributed by atoms with van der Waals surface area (Å²) in [5.41, 5.74) is 5.51. The Kier molecular flexibility index (Phi) is 6.09. The molecule has 0 spiro atoms. The molecular weight excluding hydrogens is 370 g/mol. The molecule has 0 aliphatic heterocycles. The lowest BCUT2D eigenvalue weighted by atomic mass is 9.91. The maximum Gasteiger partial charge on any atom is 0.314 e. The molecule has 0 aliphatic rings. The molecule has 150 valence electrons. The molecule has 1 N–H and O–H groups in total. The average Bonchev–Trinajstić information content (AvgIpc) is 3.18. The van der Waals surface area contributed by atoms with Crippen molar-refractivity contribution in [1.82, 2.24) is 4.98 Å². The molecule has 4 aromatic rings. The van der Waals surface area contributed by atoms with E-state index in [-0.39, 0.29) is 18.5 Å². The van der Waals surface area contributed by atoms with E-state index in [1.807, 2.05) is 42.5 Å². The zero-order valence-corrected chi connectivity index (χ0v) is 16.9. The molecule has 1 unspecified atom stereocenters. The van der Waals surface area contributed by atoms with Gasteiger partial charge in [-0.15, -0.1) is 0 Å². The Morgan fingerprint density at radius 2 is 1.63 bits per heavy atom. The van der Waals surface area contributed by atoms with Crippen LogP contribution in [0.5, 0.6) is 0 Å². The zero-order valence-electron chi connectivity index (χ0n) is 16.9. The van der Waals surface area contributed by atoms with E-state index >= 15 is 0 Å². The molecule has 3 nitrogen and oxygen atoms in total. The van der Waals surface area contributed by atoms with Crippen molar-refractivity contribution in [3.05, 3.63) is 120 Å². The molecule has 4 rings (SSSR count). The molecule has 0 fully saturated rings. The van der Waals surface area contributed by atoms with E-state index in [0.29, 0.717) is 6.42 Å². The van der Waals surface area contributed by atoms with Gasteiger partial charge in [-0.2, -0.15) is 0 Å². The van der Waals surface area contributed by atoms with E-state index in [0.717, 1.165) is 34.1 Å². The van der Waals surface area contributed by atoms with Crippen LogP contribution in [0.4, 0.5) is 0 Å². The molecule has 0 amide bonds. The lowest BCUT2D eigenvalue weighted by Crippen LogP contribution is -2.18. The number of H-pyrrole nitrogens is 1. The smallest absolute Gasteiger partial charge is 0.314 e. The molecule has 30 heavy (non-hydrogen) atoms. The second kappa shape index (κ2) is 9.27. The highest BCUT2D eigenvalue weighted by molar-refractivity contribution is 5.85. The van der Waals surface area contributed by atoms with Gasteiger partial charge < -0.3 is 9.72 Å². The van der Waals surface area contributed by atoms with E-state index in [1.165, 1.54) is 5.56 Å². The van der Waals surface area contributed by atoms with Crippen LogP contribution in [0.2, 0.25) is 0 Å². The monoisotopic (exact) mass is 395 g/mol. The quantitative estimate of drug-likeness (QED) is 0.302. The summed E-state index contributed by atoms with van der Waals surface area (Å²) in [6.45, 7) is 3.86. The van der Waals surface area contributed by atoms with Gasteiger partial charge in [0.1, 0.15) is 6.61 Å². The number of carbonyl (C=O) groups is 1. The van der Waals surface area contributed by atoms with Crippen LogP contribution < -0.4 is 0 Å². The second-order valence-corrected chi connectivity index (χ2v) is 7.46. The average molecular weight is 396 g/mol. The number of aromatic nitrogens is 1. The van der Waals surface area contributed by atoms with Gasteiger partial charge in [-0.3, -0.25) is 4.79 Å². The van der Waals surface area contributed by atoms with Gasteiger partial charge in [0.25, 0.3) is 0 Å². The first-order valence-corrected chi connectivity index (χ1v) is 10.2. The summed E-state index contributed by atoms with van der Waals surface area (Å²) in [4.78, 5) is 16.3. The molecule has 0 saturated carbocycles. The molecule has 0 bridgehead atoms. The summed E-state index contributed by atoms with van der Waals surface area (Å²) in [6.07, 6.45) is 3.04. The van der Waals surface area contributed by atoms with E-state index in [1.54, 1.807) is 6.08 Å². The van der Waals surface area contributed by atoms with Crippen LogP contribution in [0, 0.1) is 0 Å². The third-order valence-corrected chi connectivity index (χ3v) is 5.25. The van der Waals surface area contributed by atoms with E-state index < -0.39 is 0 Å². The largest absolute Gasteiger partial charge is 0.461 e. The van der Waals surface area contributed by atoms with Crippen LogP contribution in [0.25, 0.3) is 10.9 Å². The SMILES string of the molecule is C=CCOC(=O)C(Cc1ccccc1)c1ccc2cc(Cc3ccccc3)[nH]c2c1. The second-order valence-electron chi connectivity index (χ2n) is 7.46. The summed E-state index contributed by atoms with van der Waals surface area (Å²) >= 11 is 0. The zero-order chi connectivity index (χ0) is 20.8. The number of carbonyl (C=O) groups excluding carboxylic acids is 1. The number of rotatable bonds is 8. The number of nitrogens with one attached hydrogen (secondary N) is 1. The molecule has 3 heteroatoms. The van der Waals surface area contributed by atoms with Crippen molar-refractivity contribution >= 4 is 16.9 Å². The first kappa shape index (κ1) is 19.7. The fourth-order valence-corrected chi connectivity index (χ4v) is 3.76. The minimum absolute atomic E-state index is 0.218. The Bertz CT molecular complexity index is 1130. The van der Waals surface area contributed by atoms with Crippen LogP contribution in [-0.2, 0) is 22.4 Å². The standard InChI is InChI=1S/C27H25NO2/c1-2-15-30-27(29)25(17-21-11-7-4-8-12-21)22-13-14-23-18-24(28-26(23)19-22)16-20-9-5-3-6-10-20/h2-14,18-19,25,28H,1,15-17H2. The number of ether oxygens (including phenoxy) is 1. The first-order chi connectivity index (χ1) is 14.7. The lowest BCUT2D eigenvalue weighted by molar-refractivity contribution is -0.144.